The van der Waals surface area contributed by atoms with E-state index in [-0.39, 0.29) is 6.61 Å². The minimum atomic E-state index is -3.15. The van der Waals surface area contributed by atoms with Gasteiger partial charge in [0.1, 0.15) is 116 Å². The van der Waals surface area contributed by atoms with E-state index < -0.39 is 222 Å². The van der Waals surface area contributed by atoms with Crippen LogP contribution in [0.5, 0.6) is 0 Å². The summed E-state index contributed by atoms with van der Waals surface area (Å²) in [5.41, 5.74) is 0. The van der Waals surface area contributed by atoms with Gasteiger partial charge in [-0.15, -0.1) is 0 Å². The highest BCUT2D eigenvalue weighted by Gasteiger charge is 2.61. The second-order valence-electron chi connectivity index (χ2n) is 20.2. The van der Waals surface area contributed by atoms with Crippen LogP contribution in [0.4, 0.5) is 0 Å². The molecule has 5 aliphatic heterocycles. The van der Waals surface area contributed by atoms with Crippen LogP contribution in [0.25, 0.3) is 0 Å². The number of aliphatic hydroxyl groups excluding tert-OH is 14. The third kappa shape index (κ3) is 16.4. The summed E-state index contributed by atoms with van der Waals surface area (Å²) in [6.45, 7) is 0.545. The standard InChI is InChI=1S/C47H81N3O29/c1-5-6-7-8-9-10-11-70-43-29(50-20(4)57)39(77-44-36(66)35(65)31(61)23(14-52)72-44)33(63)26(75-43)17-71-42-28(49-19(3)56)34(64)38(25(16-54)74-42)76-45-37(67)41(32(62)24(15-53)73-45)79-47(46(68)69)12-21(58)27(48-18(2)55)40(78-47)30(60)22(59)13-51/h21-45,51-54,58-67H,5-17H2,1-4H3,(H,48,55)(H,49,56)(H,50,57)(H,68,69)/t21-,22+,23+,24+,25+,26+,27+,28+,29+,30+,31-,32-,33-,34+,35-,36+,37+,38+,39+,40+,41-,42+,43-,44-,45-,47-/m0/s1. The van der Waals surface area contributed by atoms with Crippen molar-refractivity contribution in [3.05, 3.63) is 0 Å². The number of nitrogens with one attached hydrogen (secondary N) is 3. The fraction of sp³-hybridized carbons (Fsp3) is 0.915. The van der Waals surface area contributed by atoms with Crippen molar-refractivity contribution in [1.29, 1.82) is 0 Å². The molecule has 26 atom stereocenters. The van der Waals surface area contributed by atoms with Crippen LogP contribution >= 0.6 is 0 Å². The number of aliphatic carboxylic acids is 1. The normalized spacial score (nSPS) is 41.7. The molecule has 18 N–H and O–H groups in total. The van der Waals surface area contributed by atoms with Gasteiger partial charge in [0.15, 0.2) is 25.2 Å². The number of ether oxygens (including phenoxy) is 10. The van der Waals surface area contributed by atoms with E-state index in [0.29, 0.717) is 6.42 Å². The summed E-state index contributed by atoms with van der Waals surface area (Å²) in [6, 6.07) is -4.68. The van der Waals surface area contributed by atoms with Gasteiger partial charge in [-0.1, -0.05) is 39.0 Å². The predicted molar refractivity (Wildman–Crippen MR) is 256 cm³/mol. The topological polar surface area (TPSA) is 500 Å². The Hall–Kier alpha value is -3.08. The Kier molecular flexibility index (Phi) is 25.7. The van der Waals surface area contributed by atoms with Crippen molar-refractivity contribution in [1.82, 2.24) is 16.0 Å². The van der Waals surface area contributed by atoms with Gasteiger partial charge < -0.3 is 140 Å². The molecule has 0 spiro atoms. The lowest BCUT2D eigenvalue weighted by atomic mass is 9.88. The van der Waals surface area contributed by atoms with Crippen molar-refractivity contribution >= 4 is 23.7 Å². The lowest BCUT2D eigenvalue weighted by Crippen LogP contribution is -2.71. The summed E-state index contributed by atoms with van der Waals surface area (Å²) >= 11 is 0. The molecule has 5 fully saturated rings. The fourth-order valence-corrected chi connectivity index (χ4v) is 10.0. The summed E-state index contributed by atoms with van der Waals surface area (Å²) in [6.07, 6.45) is -37.7. The number of carbonyl (C=O) groups is 4. The first kappa shape index (κ1) is 66.7. The Bertz CT molecular complexity index is 1920. The molecular formula is C47H81N3O29. The maximum Gasteiger partial charge on any atom is 0.364 e. The van der Waals surface area contributed by atoms with E-state index in [1.807, 2.05) is 0 Å². The Morgan fingerprint density at radius 3 is 1.65 bits per heavy atom. The summed E-state index contributed by atoms with van der Waals surface area (Å²) in [4.78, 5) is 50.4. The Labute approximate surface area is 453 Å². The number of carboxylic acid groups (broad SMARTS) is 1. The average molecular weight is 1150 g/mol. The van der Waals surface area contributed by atoms with Crippen molar-refractivity contribution in [3.8, 4) is 0 Å². The van der Waals surface area contributed by atoms with Crippen molar-refractivity contribution in [2.24, 2.45) is 0 Å². The highest BCUT2D eigenvalue weighted by molar-refractivity contribution is 5.77. The molecule has 0 aromatic rings. The van der Waals surface area contributed by atoms with Crippen LogP contribution in [-0.4, -0.2) is 299 Å². The number of hydrogen-bond donors (Lipinski definition) is 18. The van der Waals surface area contributed by atoms with Gasteiger partial charge in [-0.2, -0.15) is 0 Å². The zero-order valence-corrected chi connectivity index (χ0v) is 44.0. The van der Waals surface area contributed by atoms with Gasteiger partial charge in [0.25, 0.3) is 5.79 Å². The molecule has 0 bridgehead atoms. The van der Waals surface area contributed by atoms with Crippen LogP contribution in [0.15, 0.2) is 0 Å². The first-order valence-corrected chi connectivity index (χ1v) is 26.2. The van der Waals surface area contributed by atoms with E-state index in [0.717, 1.165) is 52.9 Å². The molecule has 79 heavy (non-hydrogen) atoms. The zero-order chi connectivity index (χ0) is 58.6. The van der Waals surface area contributed by atoms with Crippen LogP contribution in [-0.2, 0) is 66.5 Å². The van der Waals surface area contributed by atoms with E-state index in [1.54, 1.807) is 0 Å². The molecular weight excluding hydrogens is 1070 g/mol. The molecule has 458 valence electrons. The van der Waals surface area contributed by atoms with Crippen LogP contribution in [0.1, 0.15) is 72.6 Å². The van der Waals surface area contributed by atoms with Crippen molar-refractivity contribution in [2.75, 3.05) is 39.6 Å². The minimum Gasteiger partial charge on any atom is -0.477 e. The molecule has 5 heterocycles. The van der Waals surface area contributed by atoms with Gasteiger partial charge >= 0.3 is 5.97 Å². The molecule has 0 aromatic carbocycles. The Morgan fingerprint density at radius 1 is 0.557 bits per heavy atom. The average Bonchev–Trinajstić information content (AvgIpc) is 3.61. The maximum absolute atomic E-state index is 13.0. The highest BCUT2D eigenvalue weighted by atomic mass is 16.8. The minimum absolute atomic E-state index is 0.0639. The highest BCUT2D eigenvalue weighted by Crippen LogP contribution is 2.39. The monoisotopic (exact) mass is 1150 g/mol. The molecule has 0 aromatic heterocycles. The second-order valence-corrected chi connectivity index (χ2v) is 20.2. The predicted octanol–water partition coefficient (Wildman–Crippen LogP) is -8.90. The first-order valence-electron chi connectivity index (χ1n) is 26.2. The van der Waals surface area contributed by atoms with Crippen molar-refractivity contribution in [3.63, 3.8) is 0 Å². The molecule has 0 unspecified atom stereocenters. The third-order valence-corrected chi connectivity index (χ3v) is 14.2. The van der Waals surface area contributed by atoms with Gasteiger partial charge in [-0.05, 0) is 6.42 Å². The van der Waals surface area contributed by atoms with Gasteiger partial charge in [0.2, 0.25) is 17.7 Å². The molecule has 5 rings (SSSR count). The molecule has 0 saturated carbocycles. The lowest BCUT2D eigenvalue weighted by Gasteiger charge is -2.51. The Morgan fingerprint density at radius 2 is 1.06 bits per heavy atom. The largest absolute Gasteiger partial charge is 0.477 e. The molecule has 5 saturated heterocycles. The van der Waals surface area contributed by atoms with Crippen LogP contribution < -0.4 is 16.0 Å². The number of amides is 3. The maximum atomic E-state index is 13.0. The van der Waals surface area contributed by atoms with Crippen LogP contribution in [0.3, 0.4) is 0 Å². The smallest absolute Gasteiger partial charge is 0.364 e. The first-order chi connectivity index (χ1) is 37.4. The van der Waals surface area contributed by atoms with E-state index in [9.17, 15) is 95.8 Å². The summed E-state index contributed by atoms with van der Waals surface area (Å²) < 4.78 is 58.9. The number of aliphatic hydroxyl groups is 14. The number of carbonyl (C=O) groups excluding carboxylic acids is 3. The number of carboxylic acids is 1. The molecule has 32 heteroatoms. The molecule has 3 amide bonds. The van der Waals surface area contributed by atoms with Gasteiger partial charge in [-0.3, -0.25) is 14.4 Å². The van der Waals surface area contributed by atoms with Crippen LogP contribution in [0.2, 0.25) is 0 Å². The van der Waals surface area contributed by atoms with Crippen molar-refractivity contribution in [2.45, 2.75) is 232 Å². The summed E-state index contributed by atoms with van der Waals surface area (Å²) in [5, 5.41) is 169. The van der Waals surface area contributed by atoms with Gasteiger partial charge in [-0.25, -0.2) is 4.79 Å². The summed E-state index contributed by atoms with van der Waals surface area (Å²) in [7, 11) is 0. The zero-order valence-electron chi connectivity index (χ0n) is 44.0. The van der Waals surface area contributed by atoms with Gasteiger partial charge in [0.05, 0.1) is 45.2 Å². The SMILES string of the molecule is CCCCCCCCO[C@H]1O[C@H](CO[C@@H]2O[C@H](CO)[C@@H](O[C@@H]3O[C@H](CO)[C@H](O)[C@H](O[C@]4(C(=O)O)C[C@H](O)[C@@H](NC(C)=O)[C@H]([C@H](O)[C@H](O)CO)O4)[C@H]3O)[C@H](O)[C@H]2NC(C)=O)[C@H](O)[C@H](O[C@@H]2O[C@H](CO)[C@H](O)[C@H](O)[C@H]2O)[C@H]1NC(C)=O. The van der Waals surface area contributed by atoms with Gasteiger partial charge in [0, 0.05) is 33.8 Å². The lowest BCUT2D eigenvalue weighted by molar-refractivity contribution is -0.383. The molecule has 0 aliphatic carbocycles. The number of unbranched alkanes of at least 4 members (excludes halogenated alkanes) is 5. The summed E-state index contributed by atoms with van der Waals surface area (Å²) in [5.74, 6) is -7.45. The quantitative estimate of drug-likeness (QED) is 0.0340. The fourth-order valence-electron chi connectivity index (χ4n) is 10.0. The number of rotatable bonds is 27. The van der Waals surface area contributed by atoms with Crippen molar-refractivity contribution < 1.29 is 143 Å². The molecule has 5 aliphatic rings. The van der Waals surface area contributed by atoms with E-state index in [2.05, 4.69) is 22.9 Å². The molecule has 0 radical (unpaired) electrons. The second kappa shape index (κ2) is 30.5. The van der Waals surface area contributed by atoms with E-state index in [1.165, 1.54) is 0 Å². The third-order valence-electron chi connectivity index (χ3n) is 14.2. The van der Waals surface area contributed by atoms with Crippen LogP contribution in [0, 0.1) is 0 Å². The number of hydrogen-bond acceptors (Lipinski definition) is 28. The molecule has 32 nitrogen and oxygen atoms in total. The van der Waals surface area contributed by atoms with E-state index in [4.69, 9.17) is 47.4 Å². The Balaban J connectivity index is 1.40. The van der Waals surface area contributed by atoms with E-state index >= 15 is 0 Å².